The molecule has 0 bridgehead atoms. The number of amides is 1. The Morgan fingerprint density at radius 3 is 2.55 bits per heavy atom. The minimum atomic E-state index is -0.265. The Labute approximate surface area is 123 Å². The fourth-order valence-corrected chi connectivity index (χ4v) is 3.48. The van der Waals surface area contributed by atoms with Crippen LogP contribution < -0.4 is 0 Å². The normalized spacial score (nSPS) is 28.8. The van der Waals surface area contributed by atoms with Gasteiger partial charge in [0.2, 0.25) is 5.91 Å². The Bertz CT molecular complexity index is 555. The molecule has 5 heteroatoms. The molecule has 2 saturated heterocycles. The Kier molecular flexibility index (Phi) is 3.10. The van der Waals surface area contributed by atoms with E-state index in [9.17, 15) is 9.59 Å². The van der Waals surface area contributed by atoms with E-state index in [-0.39, 0.29) is 23.4 Å². The van der Waals surface area contributed by atoms with Crippen molar-refractivity contribution in [3.05, 3.63) is 34.9 Å². The van der Waals surface area contributed by atoms with Gasteiger partial charge >= 0.3 is 0 Å². The molecule has 2 aliphatic rings. The number of hydrazine groups is 1. The van der Waals surface area contributed by atoms with Crippen LogP contribution in [0.25, 0.3) is 0 Å². The lowest BCUT2D eigenvalue weighted by molar-refractivity contribution is -0.137. The van der Waals surface area contributed by atoms with E-state index < -0.39 is 0 Å². The molecule has 2 fully saturated rings. The zero-order valence-electron chi connectivity index (χ0n) is 11.5. The van der Waals surface area contributed by atoms with Crippen molar-refractivity contribution in [2.45, 2.75) is 31.8 Å². The summed E-state index contributed by atoms with van der Waals surface area (Å²) in [6.07, 6.45) is 1.45. The molecular weight excluding hydrogens is 276 g/mol. The number of benzene rings is 1. The summed E-state index contributed by atoms with van der Waals surface area (Å²) < 4.78 is 0. The fourth-order valence-electron chi connectivity index (χ4n) is 3.35. The van der Waals surface area contributed by atoms with E-state index in [2.05, 4.69) is 5.01 Å². The lowest BCUT2D eigenvalue weighted by atomic mass is 9.90. The second kappa shape index (κ2) is 4.57. The molecule has 2 atom stereocenters. The first-order chi connectivity index (χ1) is 9.44. The maximum atomic E-state index is 12.1. The topological polar surface area (TPSA) is 40.6 Å². The summed E-state index contributed by atoms with van der Waals surface area (Å²) in [4.78, 5) is 23.5. The monoisotopic (exact) mass is 292 g/mol. The van der Waals surface area contributed by atoms with Crippen LogP contribution >= 0.6 is 11.6 Å². The minimum Gasteiger partial charge on any atom is -0.303 e. The first kappa shape index (κ1) is 13.6. The fraction of sp³-hybridized carbons (Fsp3) is 0.467. The van der Waals surface area contributed by atoms with Gasteiger partial charge < -0.3 is 4.79 Å². The van der Waals surface area contributed by atoms with Crippen LogP contribution in [0.15, 0.2) is 24.3 Å². The molecular formula is C15H17ClN2O2. The van der Waals surface area contributed by atoms with Crippen LogP contribution in [-0.4, -0.2) is 34.3 Å². The van der Waals surface area contributed by atoms with Crippen molar-refractivity contribution in [2.75, 3.05) is 6.54 Å². The van der Waals surface area contributed by atoms with Gasteiger partial charge in [0.15, 0.2) is 0 Å². The van der Waals surface area contributed by atoms with E-state index in [1.165, 1.54) is 0 Å². The predicted octanol–water partition coefficient (Wildman–Crippen LogP) is 2.44. The van der Waals surface area contributed by atoms with Crippen LogP contribution in [0.2, 0.25) is 5.02 Å². The third-order valence-corrected chi connectivity index (χ3v) is 4.44. The number of rotatable bonds is 2. The third-order valence-electron chi connectivity index (χ3n) is 4.19. The zero-order chi connectivity index (χ0) is 14.5. The molecule has 106 valence electrons. The molecule has 20 heavy (non-hydrogen) atoms. The standard InChI is InChI=1S/C15H17ClN2O2/c1-15(2)7-13(20)17-8-11(9-19)14(18(15)17)10-3-5-12(16)6-4-10/h3-6,9,11,14H,7-8H2,1-2H3/t11-,14+/m0/s1. The summed E-state index contributed by atoms with van der Waals surface area (Å²) in [5.41, 5.74) is 0.760. The van der Waals surface area contributed by atoms with Gasteiger partial charge in [-0.15, -0.1) is 0 Å². The SMILES string of the molecule is CC1(C)CC(=O)N2C[C@@H](C=O)[C@@H](c3ccc(Cl)cc3)N21. The maximum Gasteiger partial charge on any atom is 0.238 e. The first-order valence-electron chi connectivity index (χ1n) is 6.74. The van der Waals surface area contributed by atoms with Gasteiger partial charge in [0.1, 0.15) is 6.29 Å². The highest BCUT2D eigenvalue weighted by Gasteiger charge is 2.54. The van der Waals surface area contributed by atoms with Crippen molar-refractivity contribution in [3.8, 4) is 0 Å². The molecule has 0 saturated carbocycles. The summed E-state index contributed by atoms with van der Waals surface area (Å²) in [5, 5.41) is 4.47. The summed E-state index contributed by atoms with van der Waals surface area (Å²) in [6.45, 7) is 4.56. The quantitative estimate of drug-likeness (QED) is 0.786. The molecule has 1 aromatic carbocycles. The minimum absolute atomic E-state index is 0.0915. The molecule has 3 rings (SSSR count). The number of hydrogen-bond acceptors (Lipinski definition) is 3. The summed E-state index contributed by atoms with van der Waals surface area (Å²) in [7, 11) is 0. The number of fused-ring (bicyclic) bond motifs is 1. The van der Waals surface area contributed by atoms with Crippen LogP contribution in [0.4, 0.5) is 0 Å². The first-order valence-corrected chi connectivity index (χ1v) is 7.12. The zero-order valence-corrected chi connectivity index (χ0v) is 12.3. The van der Waals surface area contributed by atoms with Crippen molar-refractivity contribution in [1.82, 2.24) is 10.0 Å². The van der Waals surface area contributed by atoms with Crippen molar-refractivity contribution in [1.29, 1.82) is 0 Å². The van der Waals surface area contributed by atoms with E-state index in [0.29, 0.717) is 18.0 Å². The van der Waals surface area contributed by atoms with Gasteiger partial charge in [0, 0.05) is 23.5 Å². The van der Waals surface area contributed by atoms with Crippen LogP contribution in [0, 0.1) is 5.92 Å². The van der Waals surface area contributed by atoms with Crippen LogP contribution in [0.1, 0.15) is 31.9 Å². The molecule has 0 unspecified atom stereocenters. The van der Waals surface area contributed by atoms with Crippen molar-refractivity contribution >= 4 is 23.8 Å². The average molecular weight is 293 g/mol. The second-order valence-electron chi connectivity index (χ2n) is 6.11. The Morgan fingerprint density at radius 2 is 1.95 bits per heavy atom. The van der Waals surface area contributed by atoms with Crippen LogP contribution in [0.5, 0.6) is 0 Å². The van der Waals surface area contributed by atoms with E-state index in [1.54, 1.807) is 5.01 Å². The molecule has 0 spiro atoms. The number of hydrogen-bond donors (Lipinski definition) is 0. The molecule has 0 radical (unpaired) electrons. The summed E-state index contributed by atoms with van der Waals surface area (Å²) in [5.74, 6) is -0.0991. The van der Waals surface area contributed by atoms with E-state index >= 15 is 0 Å². The molecule has 1 amide bonds. The van der Waals surface area contributed by atoms with Crippen molar-refractivity contribution in [2.24, 2.45) is 5.92 Å². The largest absolute Gasteiger partial charge is 0.303 e. The number of aldehydes is 1. The van der Waals surface area contributed by atoms with E-state index in [0.717, 1.165) is 11.8 Å². The van der Waals surface area contributed by atoms with Crippen molar-refractivity contribution < 1.29 is 9.59 Å². The lowest BCUT2D eigenvalue weighted by Crippen LogP contribution is -2.43. The van der Waals surface area contributed by atoms with Gasteiger partial charge in [0.05, 0.1) is 12.0 Å². The Balaban J connectivity index is 2.04. The molecule has 2 aliphatic heterocycles. The molecule has 4 nitrogen and oxygen atoms in total. The molecule has 0 aromatic heterocycles. The molecule has 2 heterocycles. The van der Waals surface area contributed by atoms with Gasteiger partial charge in [-0.1, -0.05) is 23.7 Å². The Hall–Kier alpha value is -1.39. The number of carbonyl (C=O) groups is 2. The third kappa shape index (κ3) is 1.95. The van der Waals surface area contributed by atoms with Gasteiger partial charge in [-0.25, -0.2) is 5.01 Å². The summed E-state index contributed by atoms with van der Waals surface area (Å²) in [6, 6.07) is 7.43. The molecule has 0 aliphatic carbocycles. The Morgan fingerprint density at radius 1 is 1.30 bits per heavy atom. The summed E-state index contributed by atoms with van der Waals surface area (Å²) >= 11 is 5.93. The molecule has 1 aromatic rings. The van der Waals surface area contributed by atoms with Gasteiger partial charge in [-0.2, -0.15) is 0 Å². The molecule has 0 N–H and O–H groups in total. The van der Waals surface area contributed by atoms with E-state index in [4.69, 9.17) is 11.6 Å². The van der Waals surface area contributed by atoms with Crippen molar-refractivity contribution in [3.63, 3.8) is 0 Å². The number of nitrogens with zero attached hydrogens (tertiary/aromatic N) is 2. The highest BCUT2D eigenvalue weighted by Crippen LogP contribution is 2.46. The average Bonchev–Trinajstić information content (AvgIpc) is 2.88. The van der Waals surface area contributed by atoms with Gasteiger partial charge in [0.25, 0.3) is 0 Å². The number of halogens is 1. The van der Waals surface area contributed by atoms with Crippen LogP contribution in [-0.2, 0) is 9.59 Å². The second-order valence-corrected chi connectivity index (χ2v) is 6.54. The highest BCUT2D eigenvalue weighted by molar-refractivity contribution is 6.30. The van der Waals surface area contributed by atoms with E-state index in [1.807, 2.05) is 38.1 Å². The predicted molar refractivity (Wildman–Crippen MR) is 76.0 cm³/mol. The number of carbonyl (C=O) groups excluding carboxylic acids is 2. The van der Waals surface area contributed by atoms with Gasteiger partial charge in [-0.05, 0) is 31.5 Å². The van der Waals surface area contributed by atoms with Gasteiger partial charge in [-0.3, -0.25) is 9.80 Å². The van der Waals surface area contributed by atoms with Crippen LogP contribution in [0.3, 0.4) is 0 Å². The smallest absolute Gasteiger partial charge is 0.238 e. The highest BCUT2D eigenvalue weighted by atomic mass is 35.5. The lowest BCUT2D eigenvalue weighted by Gasteiger charge is -2.36. The maximum absolute atomic E-state index is 12.1.